The standard InChI is InChI=1S/C24H20N6O3/c31-20-4-1-14(9-17(20)21-23-19(29-24(21)32)11-25-12-27-23)22-16-3-2-15(10-18(16)26-13-28-22)30-5-7-33-8-6-30/h1-4,9-13,21,31H,5-8H2,(H,29,32). The van der Waals surface area contributed by atoms with Crippen molar-refractivity contribution in [3.63, 3.8) is 0 Å². The van der Waals surface area contributed by atoms with Crippen LogP contribution in [0, 0.1) is 0 Å². The Morgan fingerprint density at radius 2 is 1.91 bits per heavy atom. The Hall–Kier alpha value is -4.11. The number of phenols is 1. The van der Waals surface area contributed by atoms with Crippen LogP contribution in [0.15, 0.2) is 55.2 Å². The first kappa shape index (κ1) is 19.6. The van der Waals surface area contributed by atoms with Gasteiger partial charge >= 0.3 is 0 Å². The molecular weight excluding hydrogens is 420 g/mol. The molecule has 164 valence electrons. The number of amides is 1. The van der Waals surface area contributed by atoms with Gasteiger partial charge in [-0.3, -0.25) is 4.79 Å². The third kappa shape index (κ3) is 3.33. The first-order valence-corrected chi connectivity index (χ1v) is 10.7. The van der Waals surface area contributed by atoms with Gasteiger partial charge < -0.3 is 20.1 Å². The fourth-order valence-corrected chi connectivity index (χ4v) is 4.51. The Bertz CT molecular complexity index is 1390. The summed E-state index contributed by atoms with van der Waals surface area (Å²) in [6, 6.07) is 11.3. The summed E-state index contributed by atoms with van der Waals surface area (Å²) in [5, 5.41) is 14.3. The van der Waals surface area contributed by atoms with E-state index in [9.17, 15) is 9.90 Å². The van der Waals surface area contributed by atoms with E-state index in [4.69, 9.17) is 4.74 Å². The van der Waals surface area contributed by atoms with E-state index in [1.54, 1.807) is 24.4 Å². The Kier molecular flexibility index (Phi) is 4.62. The summed E-state index contributed by atoms with van der Waals surface area (Å²) in [4.78, 5) is 32.2. The van der Waals surface area contributed by atoms with Gasteiger partial charge in [0.25, 0.3) is 0 Å². The number of hydrogen-bond donors (Lipinski definition) is 2. The van der Waals surface area contributed by atoms with Gasteiger partial charge in [-0.1, -0.05) is 0 Å². The van der Waals surface area contributed by atoms with Crippen molar-refractivity contribution in [3.05, 3.63) is 66.5 Å². The predicted octanol–water partition coefficient (Wildman–Crippen LogP) is 2.71. The van der Waals surface area contributed by atoms with Crippen LogP contribution < -0.4 is 10.2 Å². The average molecular weight is 440 g/mol. The van der Waals surface area contributed by atoms with Gasteiger partial charge in [0.1, 0.15) is 24.3 Å². The van der Waals surface area contributed by atoms with Gasteiger partial charge in [-0.2, -0.15) is 0 Å². The van der Waals surface area contributed by atoms with Crippen molar-refractivity contribution in [1.82, 2.24) is 19.9 Å². The van der Waals surface area contributed by atoms with Crippen molar-refractivity contribution in [2.45, 2.75) is 5.92 Å². The second-order valence-electron chi connectivity index (χ2n) is 8.04. The minimum absolute atomic E-state index is 0.0262. The number of nitrogens with one attached hydrogen (secondary N) is 1. The second kappa shape index (κ2) is 7.79. The zero-order valence-corrected chi connectivity index (χ0v) is 17.6. The highest BCUT2D eigenvalue weighted by atomic mass is 16.5. The van der Waals surface area contributed by atoms with Gasteiger partial charge in [0.2, 0.25) is 5.91 Å². The highest BCUT2D eigenvalue weighted by molar-refractivity contribution is 6.05. The quantitative estimate of drug-likeness (QED) is 0.500. The summed E-state index contributed by atoms with van der Waals surface area (Å²) < 4.78 is 5.45. The smallest absolute Gasteiger partial charge is 0.238 e. The van der Waals surface area contributed by atoms with E-state index in [1.165, 1.54) is 12.7 Å². The van der Waals surface area contributed by atoms with Gasteiger partial charge in [-0.15, -0.1) is 0 Å². The fraction of sp³-hybridized carbons (Fsp3) is 0.208. The normalized spacial score (nSPS) is 17.8. The number of anilines is 2. The Morgan fingerprint density at radius 1 is 1.03 bits per heavy atom. The molecule has 2 aliphatic heterocycles. The van der Waals surface area contributed by atoms with Crippen LogP contribution in [0.1, 0.15) is 17.2 Å². The van der Waals surface area contributed by atoms with E-state index >= 15 is 0 Å². The molecule has 1 amide bonds. The minimum atomic E-state index is -0.719. The lowest BCUT2D eigenvalue weighted by Crippen LogP contribution is -2.36. The molecule has 2 aliphatic rings. The van der Waals surface area contributed by atoms with Crippen LogP contribution in [0.5, 0.6) is 5.75 Å². The van der Waals surface area contributed by atoms with E-state index in [-0.39, 0.29) is 11.7 Å². The molecule has 2 aromatic heterocycles. The van der Waals surface area contributed by atoms with Gasteiger partial charge in [-0.05, 0) is 36.4 Å². The summed E-state index contributed by atoms with van der Waals surface area (Å²) in [6.45, 7) is 3.12. The maximum absolute atomic E-state index is 12.7. The van der Waals surface area contributed by atoms with Crippen molar-refractivity contribution in [1.29, 1.82) is 0 Å². The lowest BCUT2D eigenvalue weighted by molar-refractivity contribution is -0.116. The highest BCUT2D eigenvalue weighted by Crippen LogP contribution is 2.41. The SMILES string of the molecule is O=C1Nc2cncnc2C1c1cc(-c2ncnc3cc(N4CCOCC4)ccc23)ccc1O. The van der Waals surface area contributed by atoms with E-state index in [1.807, 2.05) is 6.07 Å². The minimum Gasteiger partial charge on any atom is -0.508 e. The highest BCUT2D eigenvalue weighted by Gasteiger charge is 2.35. The van der Waals surface area contributed by atoms with Crippen LogP contribution in [0.25, 0.3) is 22.2 Å². The average Bonchev–Trinajstić information content (AvgIpc) is 3.20. The molecule has 33 heavy (non-hydrogen) atoms. The van der Waals surface area contributed by atoms with Crippen LogP contribution in [0.3, 0.4) is 0 Å². The third-order valence-corrected chi connectivity index (χ3v) is 6.14. The lowest BCUT2D eigenvalue weighted by atomic mass is 9.92. The molecule has 9 nitrogen and oxygen atoms in total. The number of phenolic OH excluding ortho intramolecular Hbond substituents is 1. The molecule has 0 aliphatic carbocycles. The van der Waals surface area contributed by atoms with Crippen molar-refractivity contribution in [2.75, 3.05) is 36.5 Å². The zero-order chi connectivity index (χ0) is 22.4. The summed E-state index contributed by atoms with van der Waals surface area (Å²) in [6.07, 6.45) is 4.50. The van der Waals surface area contributed by atoms with Crippen LogP contribution in [0.2, 0.25) is 0 Å². The number of carbonyl (C=O) groups excluding carboxylic acids is 1. The van der Waals surface area contributed by atoms with Gasteiger partial charge in [0.15, 0.2) is 0 Å². The molecule has 2 N–H and O–H groups in total. The Balaban J connectivity index is 1.43. The number of benzene rings is 2. The molecule has 4 heterocycles. The molecule has 0 bridgehead atoms. The summed E-state index contributed by atoms with van der Waals surface area (Å²) in [5.41, 5.74) is 5.02. The second-order valence-corrected chi connectivity index (χ2v) is 8.04. The largest absolute Gasteiger partial charge is 0.508 e. The first-order valence-electron chi connectivity index (χ1n) is 10.7. The van der Waals surface area contributed by atoms with Crippen LogP contribution >= 0.6 is 0 Å². The summed E-state index contributed by atoms with van der Waals surface area (Å²) in [7, 11) is 0. The van der Waals surface area contributed by atoms with Crippen LogP contribution in [-0.2, 0) is 9.53 Å². The molecule has 0 radical (unpaired) electrons. The molecule has 9 heteroatoms. The Labute approximate surface area is 189 Å². The molecule has 1 fully saturated rings. The number of hydrogen-bond acceptors (Lipinski definition) is 8. The Morgan fingerprint density at radius 3 is 2.79 bits per heavy atom. The van der Waals surface area contributed by atoms with Gasteiger partial charge in [-0.25, -0.2) is 19.9 Å². The van der Waals surface area contributed by atoms with Gasteiger partial charge in [0.05, 0.1) is 42.0 Å². The maximum Gasteiger partial charge on any atom is 0.238 e. The molecule has 1 unspecified atom stereocenters. The molecule has 6 rings (SSSR count). The van der Waals surface area contributed by atoms with Crippen LogP contribution in [0.4, 0.5) is 11.4 Å². The molecular formula is C24H20N6O3. The molecule has 1 atom stereocenters. The number of nitrogens with zero attached hydrogens (tertiary/aromatic N) is 5. The van der Waals surface area contributed by atoms with E-state index in [2.05, 4.69) is 42.3 Å². The molecule has 0 spiro atoms. The summed E-state index contributed by atoms with van der Waals surface area (Å²) in [5.74, 6) is -0.942. The maximum atomic E-state index is 12.7. The number of morpholine rings is 1. The monoisotopic (exact) mass is 440 g/mol. The van der Waals surface area contributed by atoms with Crippen molar-refractivity contribution >= 4 is 28.2 Å². The van der Waals surface area contributed by atoms with E-state index in [0.29, 0.717) is 30.2 Å². The van der Waals surface area contributed by atoms with E-state index in [0.717, 1.165) is 40.9 Å². The van der Waals surface area contributed by atoms with Crippen molar-refractivity contribution in [2.24, 2.45) is 0 Å². The molecule has 2 aromatic carbocycles. The first-order chi connectivity index (χ1) is 16.2. The van der Waals surface area contributed by atoms with E-state index < -0.39 is 5.92 Å². The lowest BCUT2D eigenvalue weighted by Gasteiger charge is -2.29. The van der Waals surface area contributed by atoms with Crippen molar-refractivity contribution < 1.29 is 14.6 Å². The number of aromatic hydroxyl groups is 1. The van der Waals surface area contributed by atoms with Crippen molar-refractivity contribution in [3.8, 4) is 17.0 Å². The number of fused-ring (bicyclic) bond motifs is 2. The van der Waals surface area contributed by atoms with Gasteiger partial charge in [0, 0.05) is 35.3 Å². The third-order valence-electron chi connectivity index (χ3n) is 6.14. The number of aromatic nitrogens is 4. The molecule has 0 saturated carbocycles. The topological polar surface area (TPSA) is 113 Å². The zero-order valence-electron chi connectivity index (χ0n) is 17.6. The predicted molar refractivity (Wildman–Crippen MR) is 122 cm³/mol. The van der Waals surface area contributed by atoms with Crippen LogP contribution in [-0.4, -0.2) is 57.3 Å². The number of carbonyl (C=O) groups is 1. The summed E-state index contributed by atoms with van der Waals surface area (Å²) >= 11 is 0. The fourth-order valence-electron chi connectivity index (χ4n) is 4.51. The molecule has 1 saturated heterocycles. The number of rotatable bonds is 3. The molecule has 4 aromatic rings. The number of ether oxygens (including phenoxy) is 1.